The van der Waals surface area contributed by atoms with Crippen LogP contribution < -0.4 is 14.8 Å². The van der Waals surface area contributed by atoms with E-state index in [0.717, 1.165) is 44.2 Å². The molecular formula is C21H29N3O4. The molecule has 2 amide bonds. The van der Waals surface area contributed by atoms with Crippen molar-refractivity contribution in [1.82, 2.24) is 15.1 Å². The summed E-state index contributed by atoms with van der Waals surface area (Å²) in [5.41, 5.74) is 1.19. The van der Waals surface area contributed by atoms with E-state index in [1.807, 2.05) is 17.0 Å². The normalized spacial score (nSPS) is 23.8. The van der Waals surface area contributed by atoms with Crippen LogP contribution >= 0.6 is 0 Å². The molecule has 4 rings (SSSR count). The minimum atomic E-state index is -0.127. The number of hydrogen-bond acceptors (Lipinski definition) is 5. The number of rotatable bonds is 6. The summed E-state index contributed by atoms with van der Waals surface area (Å²) in [4.78, 5) is 29.1. The molecule has 1 N–H and O–H groups in total. The molecule has 7 nitrogen and oxygen atoms in total. The average molecular weight is 387 g/mol. The van der Waals surface area contributed by atoms with Crippen molar-refractivity contribution in [2.45, 2.75) is 26.8 Å². The second-order valence-corrected chi connectivity index (χ2v) is 8.38. The van der Waals surface area contributed by atoms with Gasteiger partial charge in [-0.2, -0.15) is 0 Å². The standard InChI is InChI=1S/C21H29N3O4/c1-14(2)11-22-20(25)16-10-17(16)21(26)24-7-5-23(6-8-24)12-15-3-4-18-19(9-15)28-13-27-18/h3-4,9,14,16-17H,5-8,10-13H2,1-2H3,(H,22,25). The van der Waals surface area contributed by atoms with Gasteiger partial charge in [0.2, 0.25) is 18.6 Å². The molecule has 1 saturated carbocycles. The summed E-state index contributed by atoms with van der Waals surface area (Å²) in [6, 6.07) is 6.05. The number of amides is 2. The molecule has 7 heteroatoms. The van der Waals surface area contributed by atoms with Crippen molar-refractivity contribution in [1.29, 1.82) is 0 Å². The van der Waals surface area contributed by atoms with Crippen LogP contribution in [0.3, 0.4) is 0 Å². The molecule has 2 aliphatic heterocycles. The molecule has 1 aliphatic carbocycles. The van der Waals surface area contributed by atoms with Gasteiger partial charge in [-0.05, 0) is 30.0 Å². The molecule has 2 heterocycles. The van der Waals surface area contributed by atoms with Crippen LogP contribution in [0.15, 0.2) is 18.2 Å². The largest absolute Gasteiger partial charge is 0.454 e. The van der Waals surface area contributed by atoms with Crippen LogP contribution in [0.25, 0.3) is 0 Å². The van der Waals surface area contributed by atoms with Crippen molar-refractivity contribution in [3.8, 4) is 11.5 Å². The summed E-state index contributed by atoms with van der Waals surface area (Å²) < 4.78 is 10.8. The number of nitrogens with zero attached hydrogens (tertiary/aromatic N) is 2. The first kappa shape index (κ1) is 19.1. The molecule has 28 heavy (non-hydrogen) atoms. The summed E-state index contributed by atoms with van der Waals surface area (Å²) in [7, 11) is 0. The fourth-order valence-electron chi connectivity index (χ4n) is 3.85. The lowest BCUT2D eigenvalue weighted by Crippen LogP contribution is -2.49. The molecular weight excluding hydrogens is 358 g/mol. The molecule has 1 aromatic carbocycles. The van der Waals surface area contributed by atoms with E-state index in [2.05, 4.69) is 30.1 Å². The zero-order valence-corrected chi connectivity index (χ0v) is 16.6. The Bertz CT molecular complexity index is 743. The van der Waals surface area contributed by atoms with Gasteiger partial charge in [-0.1, -0.05) is 19.9 Å². The highest BCUT2D eigenvalue weighted by molar-refractivity contribution is 5.92. The van der Waals surface area contributed by atoms with Gasteiger partial charge < -0.3 is 19.7 Å². The van der Waals surface area contributed by atoms with E-state index in [1.54, 1.807) is 0 Å². The van der Waals surface area contributed by atoms with Crippen LogP contribution in [0.1, 0.15) is 25.8 Å². The van der Waals surface area contributed by atoms with Crippen molar-refractivity contribution in [3.63, 3.8) is 0 Å². The molecule has 1 aromatic rings. The Kier molecular flexibility index (Phi) is 5.44. The fourth-order valence-corrected chi connectivity index (χ4v) is 3.85. The lowest BCUT2D eigenvalue weighted by molar-refractivity contribution is -0.136. The Morgan fingerprint density at radius 3 is 2.61 bits per heavy atom. The summed E-state index contributed by atoms with van der Waals surface area (Å²) in [6.07, 6.45) is 0.695. The summed E-state index contributed by atoms with van der Waals surface area (Å²) in [5, 5.41) is 2.95. The topological polar surface area (TPSA) is 71.1 Å². The van der Waals surface area contributed by atoms with E-state index < -0.39 is 0 Å². The second-order valence-electron chi connectivity index (χ2n) is 8.38. The highest BCUT2D eigenvalue weighted by Crippen LogP contribution is 2.40. The molecule has 2 fully saturated rings. The van der Waals surface area contributed by atoms with Gasteiger partial charge >= 0.3 is 0 Å². The van der Waals surface area contributed by atoms with E-state index >= 15 is 0 Å². The third-order valence-electron chi connectivity index (χ3n) is 5.66. The average Bonchev–Trinajstić information content (AvgIpc) is 3.36. The van der Waals surface area contributed by atoms with E-state index in [-0.39, 0.29) is 30.4 Å². The van der Waals surface area contributed by atoms with Crippen LogP contribution in [0.5, 0.6) is 11.5 Å². The van der Waals surface area contributed by atoms with Gasteiger partial charge in [0.15, 0.2) is 11.5 Å². The smallest absolute Gasteiger partial charge is 0.231 e. The SMILES string of the molecule is CC(C)CNC(=O)C1CC1C(=O)N1CCN(Cc2ccc3c(c2)OCO3)CC1. The maximum atomic E-state index is 12.7. The van der Waals surface area contributed by atoms with E-state index in [9.17, 15) is 9.59 Å². The van der Waals surface area contributed by atoms with Gasteiger partial charge in [-0.15, -0.1) is 0 Å². The Morgan fingerprint density at radius 1 is 1.11 bits per heavy atom. The summed E-state index contributed by atoms with van der Waals surface area (Å²) in [5.74, 6) is 1.97. The third kappa shape index (κ3) is 4.24. The lowest BCUT2D eigenvalue weighted by atomic mass is 10.1. The van der Waals surface area contributed by atoms with E-state index in [4.69, 9.17) is 9.47 Å². The number of ether oxygens (including phenoxy) is 2. The van der Waals surface area contributed by atoms with Crippen LogP contribution in [0, 0.1) is 17.8 Å². The minimum Gasteiger partial charge on any atom is -0.454 e. The summed E-state index contributed by atoms with van der Waals surface area (Å²) >= 11 is 0. The van der Waals surface area contributed by atoms with E-state index in [1.165, 1.54) is 5.56 Å². The number of carbonyl (C=O) groups excluding carboxylic acids is 2. The van der Waals surface area contributed by atoms with Crippen LogP contribution in [-0.4, -0.2) is 61.1 Å². The molecule has 0 bridgehead atoms. The van der Waals surface area contributed by atoms with Crippen LogP contribution in [-0.2, 0) is 16.1 Å². The van der Waals surface area contributed by atoms with E-state index in [0.29, 0.717) is 18.9 Å². The van der Waals surface area contributed by atoms with Gasteiger partial charge in [-0.25, -0.2) is 0 Å². The Balaban J connectivity index is 1.22. The zero-order valence-electron chi connectivity index (χ0n) is 16.6. The first-order valence-electron chi connectivity index (χ1n) is 10.2. The van der Waals surface area contributed by atoms with Crippen molar-refractivity contribution in [2.24, 2.45) is 17.8 Å². The lowest BCUT2D eigenvalue weighted by Gasteiger charge is -2.35. The Hall–Kier alpha value is -2.28. The Morgan fingerprint density at radius 2 is 1.86 bits per heavy atom. The number of benzene rings is 1. The minimum absolute atomic E-state index is 0.0356. The van der Waals surface area contributed by atoms with Gasteiger partial charge in [0.25, 0.3) is 0 Å². The van der Waals surface area contributed by atoms with Gasteiger partial charge in [0, 0.05) is 39.3 Å². The number of carbonyl (C=O) groups is 2. The number of hydrogen-bond donors (Lipinski definition) is 1. The first-order chi connectivity index (χ1) is 13.5. The van der Waals surface area contributed by atoms with Crippen LogP contribution in [0.4, 0.5) is 0 Å². The molecule has 2 atom stereocenters. The predicted molar refractivity (Wildman–Crippen MR) is 104 cm³/mol. The van der Waals surface area contributed by atoms with Gasteiger partial charge in [-0.3, -0.25) is 14.5 Å². The maximum Gasteiger partial charge on any atom is 0.231 e. The molecule has 3 aliphatic rings. The number of nitrogens with one attached hydrogen (secondary N) is 1. The predicted octanol–water partition coefficient (Wildman–Crippen LogP) is 1.47. The first-order valence-corrected chi connectivity index (χ1v) is 10.2. The maximum absolute atomic E-state index is 12.7. The van der Waals surface area contributed by atoms with Crippen molar-refractivity contribution >= 4 is 11.8 Å². The quantitative estimate of drug-likeness (QED) is 0.800. The second kappa shape index (κ2) is 7.99. The molecule has 1 saturated heterocycles. The molecule has 152 valence electrons. The summed E-state index contributed by atoms with van der Waals surface area (Å²) in [6.45, 7) is 9.07. The highest BCUT2D eigenvalue weighted by Gasteiger charge is 2.49. The molecule has 0 spiro atoms. The molecule has 2 unspecified atom stereocenters. The zero-order chi connectivity index (χ0) is 19.7. The van der Waals surface area contributed by atoms with Crippen molar-refractivity contribution in [2.75, 3.05) is 39.5 Å². The highest BCUT2D eigenvalue weighted by atomic mass is 16.7. The third-order valence-corrected chi connectivity index (χ3v) is 5.66. The van der Waals surface area contributed by atoms with Gasteiger partial charge in [0.1, 0.15) is 0 Å². The number of fused-ring (bicyclic) bond motifs is 1. The Labute approximate surface area is 166 Å². The van der Waals surface area contributed by atoms with Crippen LogP contribution in [0.2, 0.25) is 0 Å². The fraction of sp³-hybridized carbons (Fsp3) is 0.619. The number of piperazine rings is 1. The molecule has 0 radical (unpaired) electrons. The van der Waals surface area contributed by atoms with Crippen molar-refractivity contribution < 1.29 is 19.1 Å². The molecule has 0 aromatic heterocycles. The van der Waals surface area contributed by atoms with Gasteiger partial charge in [0.05, 0.1) is 11.8 Å². The monoisotopic (exact) mass is 387 g/mol. The van der Waals surface area contributed by atoms with Crippen molar-refractivity contribution in [3.05, 3.63) is 23.8 Å².